The van der Waals surface area contributed by atoms with Crippen molar-refractivity contribution in [2.24, 2.45) is 0 Å². The van der Waals surface area contributed by atoms with Gasteiger partial charge < -0.3 is 24.8 Å². The van der Waals surface area contributed by atoms with E-state index in [0.29, 0.717) is 18.0 Å². The highest BCUT2D eigenvalue weighted by Crippen LogP contribution is 2.38. The third kappa shape index (κ3) is 3.85. The molecular formula is C17H22N2O5. The largest absolute Gasteiger partial charge is 0.497 e. The minimum atomic E-state index is -0.724. The van der Waals surface area contributed by atoms with Crippen molar-refractivity contribution < 1.29 is 23.8 Å². The van der Waals surface area contributed by atoms with Crippen LogP contribution in [0.1, 0.15) is 25.7 Å². The summed E-state index contributed by atoms with van der Waals surface area (Å²) in [7, 11) is 1.54. The summed E-state index contributed by atoms with van der Waals surface area (Å²) in [5.74, 6) is -1.28. The number of ether oxygens (including phenoxy) is 3. The molecule has 2 amide bonds. The molecule has 1 atom stereocenters. The minimum Gasteiger partial charge on any atom is -0.497 e. The zero-order valence-electron chi connectivity index (χ0n) is 13.7. The number of anilines is 1. The summed E-state index contributed by atoms with van der Waals surface area (Å²) in [6.07, 6.45) is 3.78. The molecule has 1 saturated heterocycles. The van der Waals surface area contributed by atoms with Crippen molar-refractivity contribution >= 4 is 17.5 Å². The molecule has 1 aromatic rings. The molecule has 7 nitrogen and oxygen atoms in total. The average Bonchev–Trinajstić information content (AvgIpc) is 3.22. The average molecular weight is 334 g/mol. The second kappa shape index (κ2) is 7.19. The first-order valence-electron chi connectivity index (χ1n) is 8.15. The molecule has 130 valence electrons. The maximum absolute atomic E-state index is 11.9. The molecule has 0 radical (unpaired) electrons. The van der Waals surface area contributed by atoms with Crippen LogP contribution in [0.5, 0.6) is 5.75 Å². The van der Waals surface area contributed by atoms with Gasteiger partial charge in [0.2, 0.25) is 0 Å². The van der Waals surface area contributed by atoms with Crippen molar-refractivity contribution in [2.45, 2.75) is 37.6 Å². The van der Waals surface area contributed by atoms with Crippen molar-refractivity contribution in [3.63, 3.8) is 0 Å². The lowest BCUT2D eigenvalue weighted by molar-refractivity contribution is -0.161. The van der Waals surface area contributed by atoms with E-state index in [0.717, 1.165) is 25.7 Å². The first-order valence-corrected chi connectivity index (χ1v) is 8.15. The number of carbonyl (C=O) groups is 2. The molecule has 2 fully saturated rings. The Morgan fingerprint density at radius 2 is 2.08 bits per heavy atom. The summed E-state index contributed by atoms with van der Waals surface area (Å²) in [6.45, 7) is 0.698. The van der Waals surface area contributed by atoms with Gasteiger partial charge in [-0.2, -0.15) is 0 Å². The van der Waals surface area contributed by atoms with E-state index in [9.17, 15) is 9.59 Å². The van der Waals surface area contributed by atoms with Gasteiger partial charge in [-0.1, -0.05) is 6.07 Å². The number of benzene rings is 1. The summed E-state index contributed by atoms with van der Waals surface area (Å²) in [4.78, 5) is 23.9. The van der Waals surface area contributed by atoms with E-state index in [1.165, 1.54) is 7.11 Å². The van der Waals surface area contributed by atoms with Crippen LogP contribution in [0.4, 0.5) is 5.69 Å². The lowest BCUT2D eigenvalue weighted by Gasteiger charge is -2.21. The van der Waals surface area contributed by atoms with Crippen LogP contribution in [-0.4, -0.2) is 44.0 Å². The maximum Gasteiger partial charge on any atom is 0.313 e. The molecule has 1 aliphatic heterocycles. The minimum absolute atomic E-state index is 0.211. The number of hydrogen-bond acceptors (Lipinski definition) is 5. The van der Waals surface area contributed by atoms with Crippen molar-refractivity contribution in [3.05, 3.63) is 24.3 Å². The lowest BCUT2D eigenvalue weighted by atomic mass is 10.2. The molecule has 0 bridgehead atoms. The van der Waals surface area contributed by atoms with Crippen LogP contribution in [0, 0.1) is 0 Å². The van der Waals surface area contributed by atoms with Crippen LogP contribution in [0.15, 0.2) is 24.3 Å². The number of rotatable bonds is 4. The maximum atomic E-state index is 11.9. The van der Waals surface area contributed by atoms with Crippen LogP contribution in [0.3, 0.4) is 0 Å². The normalized spacial score (nSPS) is 21.6. The molecule has 0 aromatic heterocycles. The van der Waals surface area contributed by atoms with Gasteiger partial charge >= 0.3 is 11.8 Å². The Bertz CT molecular complexity index is 613. The van der Waals surface area contributed by atoms with Crippen LogP contribution < -0.4 is 15.4 Å². The second-order valence-electron chi connectivity index (χ2n) is 6.06. The smallest absolute Gasteiger partial charge is 0.313 e. The number of hydrogen-bond donors (Lipinski definition) is 2. The Morgan fingerprint density at radius 1 is 1.29 bits per heavy atom. The Labute approximate surface area is 140 Å². The first-order chi connectivity index (χ1) is 11.6. The number of carbonyl (C=O) groups excluding carboxylic acids is 2. The number of amides is 2. The number of nitrogens with one attached hydrogen (secondary N) is 2. The fourth-order valence-corrected chi connectivity index (χ4v) is 3.07. The molecule has 1 spiro atoms. The first kappa shape index (κ1) is 16.7. The molecular weight excluding hydrogens is 312 g/mol. The van der Waals surface area contributed by atoms with E-state index < -0.39 is 17.6 Å². The van der Waals surface area contributed by atoms with Crippen molar-refractivity contribution in [1.29, 1.82) is 0 Å². The van der Waals surface area contributed by atoms with Crippen molar-refractivity contribution in [2.75, 3.05) is 25.6 Å². The Morgan fingerprint density at radius 3 is 2.83 bits per heavy atom. The van der Waals surface area contributed by atoms with E-state index in [4.69, 9.17) is 14.2 Å². The Hall–Kier alpha value is -2.12. The molecule has 2 aliphatic rings. The van der Waals surface area contributed by atoms with Gasteiger partial charge in [0, 0.05) is 31.1 Å². The highest BCUT2D eigenvalue weighted by atomic mass is 16.7. The van der Waals surface area contributed by atoms with Crippen LogP contribution in [-0.2, 0) is 19.1 Å². The summed E-state index contributed by atoms with van der Waals surface area (Å²) >= 11 is 0. The van der Waals surface area contributed by atoms with Crippen molar-refractivity contribution in [3.8, 4) is 5.75 Å². The van der Waals surface area contributed by atoms with Gasteiger partial charge in [0.15, 0.2) is 5.79 Å². The van der Waals surface area contributed by atoms with E-state index in [1.807, 2.05) is 0 Å². The topological polar surface area (TPSA) is 85.9 Å². The fourth-order valence-electron chi connectivity index (χ4n) is 3.07. The fraction of sp³-hybridized carbons (Fsp3) is 0.529. The van der Waals surface area contributed by atoms with Crippen LogP contribution in [0.2, 0.25) is 0 Å². The SMILES string of the molecule is COc1cccc(NC(=O)C(=O)NC[C@@H]2COC3(CCCC3)O2)c1. The third-order valence-corrected chi connectivity index (χ3v) is 4.30. The predicted octanol–water partition coefficient (Wildman–Crippen LogP) is 1.44. The van der Waals surface area contributed by atoms with Gasteiger partial charge in [-0.15, -0.1) is 0 Å². The van der Waals surface area contributed by atoms with Crippen molar-refractivity contribution in [1.82, 2.24) is 5.32 Å². The van der Waals surface area contributed by atoms with E-state index in [2.05, 4.69) is 10.6 Å². The monoisotopic (exact) mass is 334 g/mol. The van der Waals surface area contributed by atoms with Gasteiger partial charge in [0.1, 0.15) is 11.9 Å². The van der Waals surface area contributed by atoms with Gasteiger partial charge in [-0.05, 0) is 25.0 Å². The molecule has 1 heterocycles. The lowest BCUT2D eigenvalue weighted by Crippen LogP contribution is -2.40. The molecule has 3 rings (SSSR count). The van der Waals surface area contributed by atoms with Crippen LogP contribution in [0.25, 0.3) is 0 Å². The van der Waals surface area contributed by atoms with E-state index in [-0.39, 0.29) is 12.6 Å². The zero-order valence-corrected chi connectivity index (χ0v) is 13.7. The van der Waals surface area contributed by atoms with Crippen LogP contribution >= 0.6 is 0 Å². The Kier molecular flexibility index (Phi) is 5.01. The molecule has 1 saturated carbocycles. The molecule has 1 aromatic carbocycles. The van der Waals surface area contributed by atoms with Gasteiger partial charge in [0.05, 0.1) is 13.7 Å². The number of methoxy groups -OCH3 is 1. The summed E-state index contributed by atoms with van der Waals surface area (Å²) in [6, 6.07) is 6.82. The Balaban J connectivity index is 1.45. The molecule has 2 N–H and O–H groups in total. The molecule has 1 aliphatic carbocycles. The molecule has 7 heteroatoms. The van der Waals surface area contributed by atoms with Gasteiger partial charge in [0.25, 0.3) is 0 Å². The highest BCUT2D eigenvalue weighted by molar-refractivity contribution is 6.39. The predicted molar refractivity (Wildman–Crippen MR) is 86.7 cm³/mol. The molecule has 0 unspecified atom stereocenters. The molecule has 24 heavy (non-hydrogen) atoms. The highest BCUT2D eigenvalue weighted by Gasteiger charge is 2.43. The van der Waals surface area contributed by atoms with Gasteiger partial charge in [-0.25, -0.2) is 0 Å². The standard InChI is InChI=1S/C17H22N2O5/c1-22-13-6-4-5-12(9-13)19-16(21)15(20)18-10-14-11-23-17(24-14)7-2-3-8-17/h4-6,9,14H,2-3,7-8,10-11H2,1H3,(H,18,20)(H,19,21)/t14-/m1/s1. The summed E-state index contributed by atoms with van der Waals surface area (Å²) in [5.41, 5.74) is 0.500. The summed E-state index contributed by atoms with van der Waals surface area (Å²) in [5, 5.41) is 5.13. The van der Waals surface area contributed by atoms with E-state index in [1.54, 1.807) is 24.3 Å². The quantitative estimate of drug-likeness (QED) is 0.814. The van der Waals surface area contributed by atoms with Gasteiger partial charge in [-0.3, -0.25) is 9.59 Å². The summed E-state index contributed by atoms with van der Waals surface area (Å²) < 4.78 is 16.7. The zero-order chi connectivity index (χ0) is 17.0. The third-order valence-electron chi connectivity index (χ3n) is 4.30. The second-order valence-corrected chi connectivity index (χ2v) is 6.06. The van der Waals surface area contributed by atoms with E-state index >= 15 is 0 Å².